The van der Waals surface area contributed by atoms with Gasteiger partial charge in [0.15, 0.2) is 0 Å². The van der Waals surface area contributed by atoms with Crippen LogP contribution < -0.4 is 0 Å². The average Bonchev–Trinajstić information content (AvgIpc) is 3.42. The molecule has 0 aliphatic heterocycles. The predicted molar refractivity (Wildman–Crippen MR) is 93.0 cm³/mol. The van der Waals surface area contributed by atoms with Crippen molar-refractivity contribution < 1.29 is 14.3 Å². The van der Waals surface area contributed by atoms with Crippen molar-refractivity contribution in [2.75, 3.05) is 19.7 Å². The Hall–Kier alpha value is -1.84. The van der Waals surface area contributed by atoms with Crippen molar-refractivity contribution in [2.24, 2.45) is 5.92 Å². The first-order chi connectivity index (χ1) is 11.7. The van der Waals surface area contributed by atoms with Gasteiger partial charge in [-0.05, 0) is 74.6 Å². The summed E-state index contributed by atoms with van der Waals surface area (Å²) in [5, 5.41) is 0. The van der Waals surface area contributed by atoms with Gasteiger partial charge in [0.05, 0.1) is 13.0 Å². The van der Waals surface area contributed by atoms with Crippen LogP contribution in [-0.4, -0.2) is 36.5 Å². The number of carbonyl (C=O) groups excluding carboxylic acids is 2. The SMILES string of the molecule is CCOC(=O)CCN(CC1CC1)C(=O)c1ccc2c(c1)CCCC2. The quantitative estimate of drug-likeness (QED) is 0.721. The van der Waals surface area contributed by atoms with Gasteiger partial charge in [-0.3, -0.25) is 9.59 Å². The molecule has 0 spiro atoms. The summed E-state index contributed by atoms with van der Waals surface area (Å²) >= 11 is 0. The van der Waals surface area contributed by atoms with E-state index in [9.17, 15) is 9.59 Å². The molecule has 24 heavy (non-hydrogen) atoms. The summed E-state index contributed by atoms with van der Waals surface area (Å²) in [4.78, 5) is 26.4. The van der Waals surface area contributed by atoms with Crippen molar-refractivity contribution in [3.63, 3.8) is 0 Å². The number of hydrogen-bond acceptors (Lipinski definition) is 3. The molecule has 1 aromatic rings. The summed E-state index contributed by atoms with van der Waals surface area (Å²) in [7, 11) is 0. The Morgan fingerprint density at radius 3 is 2.62 bits per heavy atom. The van der Waals surface area contributed by atoms with Crippen LogP contribution >= 0.6 is 0 Å². The van der Waals surface area contributed by atoms with Crippen LogP contribution in [0.1, 0.15) is 60.5 Å². The molecule has 0 saturated heterocycles. The van der Waals surface area contributed by atoms with Crippen LogP contribution in [0.2, 0.25) is 0 Å². The van der Waals surface area contributed by atoms with Gasteiger partial charge in [-0.25, -0.2) is 0 Å². The number of ether oxygens (including phenoxy) is 1. The molecule has 1 saturated carbocycles. The second-order valence-corrected chi connectivity index (χ2v) is 6.94. The van der Waals surface area contributed by atoms with Gasteiger partial charge in [0.25, 0.3) is 5.91 Å². The van der Waals surface area contributed by atoms with E-state index in [1.54, 1.807) is 6.92 Å². The number of rotatable bonds is 7. The van der Waals surface area contributed by atoms with Crippen LogP contribution in [0.3, 0.4) is 0 Å². The molecule has 1 fully saturated rings. The fourth-order valence-electron chi connectivity index (χ4n) is 3.40. The minimum absolute atomic E-state index is 0.0552. The highest BCUT2D eigenvalue weighted by Gasteiger charge is 2.28. The summed E-state index contributed by atoms with van der Waals surface area (Å²) in [6.45, 7) is 3.40. The molecule has 0 N–H and O–H groups in total. The zero-order chi connectivity index (χ0) is 16.9. The first-order valence-electron chi connectivity index (χ1n) is 9.24. The summed E-state index contributed by atoms with van der Waals surface area (Å²) < 4.78 is 5.00. The minimum Gasteiger partial charge on any atom is -0.466 e. The monoisotopic (exact) mass is 329 g/mol. The van der Waals surface area contributed by atoms with Gasteiger partial charge in [-0.2, -0.15) is 0 Å². The summed E-state index contributed by atoms with van der Waals surface area (Å²) in [6, 6.07) is 6.14. The van der Waals surface area contributed by atoms with Crippen LogP contribution in [0, 0.1) is 5.92 Å². The number of amides is 1. The Balaban J connectivity index is 1.69. The molecule has 0 atom stereocenters. The van der Waals surface area contributed by atoms with E-state index in [2.05, 4.69) is 12.1 Å². The largest absolute Gasteiger partial charge is 0.466 e. The van der Waals surface area contributed by atoms with Gasteiger partial charge in [0.2, 0.25) is 0 Å². The molecule has 2 aliphatic rings. The van der Waals surface area contributed by atoms with Gasteiger partial charge in [-0.15, -0.1) is 0 Å². The molecule has 4 nitrogen and oxygen atoms in total. The fourth-order valence-corrected chi connectivity index (χ4v) is 3.40. The molecule has 0 radical (unpaired) electrons. The van der Waals surface area contributed by atoms with Crippen molar-refractivity contribution in [3.05, 3.63) is 34.9 Å². The number of benzene rings is 1. The maximum Gasteiger partial charge on any atom is 0.307 e. The summed E-state index contributed by atoms with van der Waals surface area (Å²) in [6.07, 6.45) is 7.30. The van der Waals surface area contributed by atoms with Crippen LogP contribution in [0.25, 0.3) is 0 Å². The van der Waals surface area contributed by atoms with Crippen LogP contribution in [0.15, 0.2) is 18.2 Å². The lowest BCUT2D eigenvalue weighted by Gasteiger charge is -2.24. The molecule has 1 aromatic carbocycles. The van der Waals surface area contributed by atoms with Gasteiger partial charge in [-0.1, -0.05) is 6.07 Å². The van der Waals surface area contributed by atoms with E-state index in [4.69, 9.17) is 4.74 Å². The van der Waals surface area contributed by atoms with E-state index in [1.165, 1.54) is 36.8 Å². The molecule has 0 bridgehead atoms. The maximum absolute atomic E-state index is 12.9. The summed E-state index contributed by atoms with van der Waals surface area (Å²) in [5.74, 6) is 0.435. The number of esters is 1. The Morgan fingerprint density at radius 2 is 1.92 bits per heavy atom. The standard InChI is InChI=1S/C20H27NO3/c1-2-24-19(22)11-12-21(14-15-7-8-15)20(23)18-10-9-16-5-3-4-6-17(16)13-18/h9-10,13,15H,2-8,11-12,14H2,1H3. The van der Waals surface area contributed by atoms with Crippen molar-refractivity contribution in [1.29, 1.82) is 0 Å². The van der Waals surface area contributed by atoms with E-state index >= 15 is 0 Å². The molecule has 3 rings (SSSR count). The highest BCUT2D eigenvalue weighted by molar-refractivity contribution is 5.94. The van der Waals surface area contributed by atoms with Crippen LogP contribution in [0.5, 0.6) is 0 Å². The van der Waals surface area contributed by atoms with Crippen molar-refractivity contribution in [3.8, 4) is 0 Å². The third kappa shape index (κ3) is 4.37. The molecule has 1 amide bonds. The molecule has 0 heterocycles. The van der Waals surface area contributed by atoms with Gasteiger partial charge in [0, 0.05) is 18.7 Å². The van der Waals surface area contributed by atoms with E-state index < -0.39 is 0 Å². The van der Waals surface area contributed by atoms with Gasteiger partial charge >= 0.3 is 5.97 Å². The Kier molecular flexibility index (Phi) is 5.54. The molecular weight excluding hydrogens is 302 g/mol. The topological polar surface area (TPSA) is 46.6 Å². The molecule has 4 heteroatoms. The molecule has 2 aliphatic carbocycles. The zero-order valence-corrected chi connectivity index (χ0v) is 14.6. The Labute approximate surface area is 144 Å². The Bertz CT molecular complexity index is 607. The Morgan fingerprint density at radius 1 is 1.17 bits per heavy atom. The molecular formula is C20H27NO3. The number of aryl methyl sites for hydroxylation is 2. The lowest BCUT2D eigenvalue weighted by atomic mass is 9.90. The number of hydrogen-bond donors (Lipinski definition) is 0. The number of nitrogens with zero attached hydrogens (tertiary/aromatic N) is 1. The molecule has 0 unspecified atom stereocenters. The average molecular weight is 329 g/mol. The lowest BCUT2D eigenvalue weighted by molar-refractivity contribution is -0.143. The van der Waals surface area contributed by atoms with Crippen LogP contribution in [-0.2, 0) is 22.4 Å². The van der Waals surface area contributed by atoms with E-state index in [0.717, 1.165) is 24.9 Å². The third-order valence-corrected chi connectivity index (χ3v) is 4.95. The van der Waals surface area contributed by atoms with Crippen molar-refractivity contribution in [2.45, 2.75) is 51.9 Å². The predicted octanol–water partition coefficient (Wildman–Crippen LogP) is 3.37. The second kappa shape index (κ2) is 7.82. The van der Waals surface area contributed by atoms with E-state index in [0.29, 0.717) is 19.1 Å². The van der Waals surface area contributed by atoms with Gasteiger partial charge < -0.3 is 9.64 Å². The number of fused-ring (bicyclic) bond motifs is 1. The summed E-state index contributed by atoms with van der Waals surface area (Å²) in [5.41, 5.74) is 3.47. The molecule has 0 aromatic heterocycles. The number of carbonyl (C=O) groups is 2. The first-order valence-corrected chi connectivity index (χ1v) is 9.24. The van der Waals surface area contributed by atoms with Gasteiger partial charge in [0.1, 0.15) is 0 Å². The van der Waals surface area contributed by atoms with E-state index in [1.807, 2.05) is 11.0 Å². The second-order valence-electron chi connectivity index (χ2n) is 6.94. The highest BCUT2D eigenvalue weighted by Crippen LogP contribution is 2.30. The fraction of sp³-hybridized carbons (Fsp3) is 0.600. The minimum atomic E-state index is -0.225. The van der Waals surface area contributed by atoms with Crippen LogP contribution in [0.4, 0.5) is 0 Å². The lowest BCUT2D eigenvalue weighted by Crippen LogP contribution is -2.35. The normalized spacial score (nSPS) is 16.4. The van der Waals surface area contributed by atoms with Crippen molar-refractivity contribution in [1.82, 2.24) is 4.90 Å². The maximum atomic E-state index is 12.9. The zero-order valence-electron chi connectivity index (χ0n) is 14.6. The highest BCUT2D eigenvalue weighted by atomic mass is 16.5. The smallest absolute Gasteiger partial charge is 0.307 e. The third-order valence-electron chi connectivity index (χ3n) is 4.95. The first kappa shape index (κ1) is 17.0. The van der Waals surface area contributed by atoms with E-state index in [-0.39, 0.29) is 18.3 Å². The van der Waals surface area contributed by atoms with Crippen molar-refractivity contribution >= 4 is 11.9 Å². The molecule has 130 valence electrons.